The van der Waals surface area contributed by atoms with Gasteiger partial charge < -0.3 is 11.1 Å². The lowest BCUT2D eigenvalue weighted by Gasteiger charge is -2.15. The summed E-state index contributed by atoms with van der Waals surface area (Å²) in [4.78, 5) is 22.1. The maximum Gasteiger partial charge on any atom is 0.292 e. The van der Waals surface area contributed by atoms with E-state index in [1.807, 2.05) is 13.8 Å². The van der Waals surface area contributed by atoms with E-state index < -0.39 is 4.92 Å². The fourth-order valence-electron chi connectivity index (χ4n) is 1.67. The van der Waals surface area contributed by atoms with Crippen LogP contribution in [-0.4, -0.2) is 16.9 Å². The molecular weight excluding hydrogens is 234 g/mol. The number of nitrogens with zero attached hydrogens (tertiary/aromatic N) is 1. The number of carbonyl (C=O) groups is 1. The van der Waals surface area contributed by atoms with Gasteiger partial charge in [-0.1, -0.05) is 19.9 Å². The second-order valence-electron chi connectivity index (χ2n) is 3.98. The van der Waals surface area contributed by atoms with Gasteiger partial charge in [0.1, 0.15) is 5.69 Å². The van der Waals surface area contributed by atoms with Crippen LogP contribution < -0.4 is 11.1 Å². The van der Waals surface area contributed by atoms with Gasteiger partial charge in [-0.25, -0.2) is 0 Å². The van der Waals surface area contributed by atoms with Crippen molar-refractivity contribution < 1.29 is 9.72 Å². The third-order valence-electron chi connectivity index (χ3n) is 2.85. The first-order valence-corrected chi connectivity index (χ1v) is 5.84. The predicted octanol–water partition coefficient (Wildman–Crippen LogP) is 2.10. The molecule has 0 saturated carbocycles. The van der Waals surface area contributed by atoms with E-state index in [1.54, 1.807) is 0 Å². The number of nitrogen functional groups attached to an aromatic ring is 1. The zero-order valence-corrected chi connectivity index (χ0v) is 10.5. The van der Waals surface area contributed by atoms with Crippen LogP contribution in [0.2, 0.25) is 0 Å². The van der Waals surface area contributed by atoms with Crippen molar-refractivity contribution in [3.05, 3.63) is 33.9 Å². The molecule has 18 heavy (non-hydrogen) atoms. The number of para-hydroxylation sites is 1. The van der Waals surface area contributed by atoms with Crippen LogP contribution in [-0.2, 0) is 0 Å². The zero-order valence-electron chi connectivity index (χ0n) is 10.5. The summed E-state index contributed by atoms with van der Waals surface area (Å²) in [7, 11) is 0. The van der Waals surface area contributed by atoms with Gasteiger partial charge in [-0.3, -0.25) is 14.9 Å². The third kappa shape index (κ3) is 2.97. The summed E-state index contributed by atoms with van der Waals surface area (Å²) in [6.45, 7) is 3.93. The second-order valence-corrected chi connectivity index (χ2v) is 3.98. The number of rotatable bonds is 5. The number of nitrogens with one attached hydrogen (secondary N) is 1. The number of hydrogen-bond donors (Lipinski definition) is 2. The van der Waals surface area contributed by atoms with E-state index in [2.05, 4.69) is 5.32 Å². The fraction of sp³-hybridized carbons (Fsp3) is 0.417. The molecule has 1 amide bonds. The smallest absolute Gasteiger partial charge is 0.292 e. The van der Waals surface area contributed by atoms with Crippen LogP contribution >= 0.6 is 0 Å². The Kier molecular flexibility index (Phi) is 4.65. The van der Waals surface area contributed by atoms with Crippen LogP contribution in [0.5, 0.6) is 0 Å². The molecule has 0 radical (unpaired) electrons. The summed E-state index contributed by atoms with van der Waals surface area (Å²) in [6.07, 6.45) is 1.61. The molecular formula is C12H17N3O3. The number of benzene rings is 1. The number of nitrogens with two attached hydrogens (primary N) is 1. The van der Waals surface area contributed by atoms with E-state index >= 15 is 0 Å². The van der Waals surface area contributed by atoms with Gasteiger partial charge in [0.2, 0.25) is 0 Å². The first-order chi connectivity index (χ1) is 8.51. The molecule has 0 bridgehead atoms. The van der Waals surface area contributed by atoms with Gasteiger partial charge in [0.05, 0.1) is 10.5 Å². The summed E-state index contributed by atoms with van der Waals surface area (Å²) in [5.41, 5.74) is 5.46. The average Bonchev–Trinajstić information content (AvgIpc) is 2.35. The number of nitro benzene ring substituents is 1. The molecule has 3 N–H and O–H groups in total. The lowest BCUT2D eigenvalue weighted by Crippen LogP contribution is -2.34. The number of nitro groups is 1. The Hall–Kier alpha value is -2.11. The van der Waals surface area contributed by atoms with E-state index in [4.69, 9.17) is 5.73 Å². The van der Waals surface area contributed by atoms with Gasteiger partial charge in [-0.15, -0.1) is 0 Å². The minimum absolute atomic E-state index is 0.0520. The van der Waals surface area contributed by atoms with Crippen molar-refractivity contribution in [1.82, 2.24) is 5.32 Å². The second kappa shape index (κ2) is 6.00. The fourth-order valence-corrected chi connectivity index (χ4v) is 1.67. The SMILES string of the molecule is CCC(CC)NC(=O)c1cccc([N+](=O)[O-])c1N. The number of amides is 1. The Morgan fingerprint density at radius 2 is 2.06 bits per heavy atom. The summed E-state index contributed by atoms with van der Waals surface area (Å²) in [5, 5.41) is 13.5. The van der Waals surface area contributed by atoms with Gasteiger partial charge in [0.25, 0.3) is 11.6 Å². The van der Waals surface area contributed by atoms with Crippen molar-refractivity contribution in [3.63, 3.8) is 0 Å². The normalized spacial score (nSPS) is 10.4. The van der Waals surface area contributed by atoms with Crippen molar-refractivity contribution >= 4 is 17.3 Å². The summed E-state index contributed by atoms with van der Waals surface area (Å²) >= 11 is 0. The van der Waals surface area contributed by atoms with E-state index in [9.17, 15) is 14.9 Å². The molecule has 0 unspecified atom stereocenters. The summed E-state index contributed by atoms with van der Waals surface area (Å²) in [5.74, 6) is -0.370. The monoisotopic (exact) mass is 251 g/mol. The van der Waals surface area contributed by atoms with Crippen LogP contribution in [0.1, 0.15) is 37.0 Å². The van der Waals surface area contributed by atoms with Crippen molar-refractivity contribution in [2.45, 2.75) is 32.7 Å². The maximum atomic E-state index is 12.0. The van der Waals surface area contributed by atoms with E-state index in [-0.39, 0.29) is 28.9 Å². The van der Waals surface area contributed by atoms with Gasteiger partial charge in [-0.05, 0) is 18.9 Å². The molecule has 0 spiro atoms. The molecule has 0 aromatic heterocycles. The largest absolute Gasteiger partial charge is 0.393 e. The molecule has 0 saturated heterocycles. The number of carbonyl (C=O) groups excluding carboxylic acids is 1. The zero-order chi connectivity index (χ0) is 13.7. The molecule has 0 fully saturated rings. The summed E-state index contributed by atoms with van der Waals surface area (Å²) < 4.78 is 0. The van der Waals surface area contributed by atoms with Crippen molar-refractivity contribution in [2.75, 3.05) is 5.73 Å². The highest BCUT2D eigenvalue weighted by Gasteiger charge is 2.20. The van der Waals surface area contributed by atoms with E-state index in [0.717, 1.165) is 12.8 Å². The Labute approximate surface area is 105 Å². The van der Waals surface area contributed by atoms with Crippen molar-refractivity contribution in [1.29, 1.82) is 0 Å². The van der Waals surface area contributed by atoms with Gasteiger partial charge in [0, 0.05) is 12.1 Å². The highest BCUT2D eigenvalue weighted by molar-refractivity contribution is 6.01. The Morgan fingerprint density at radius 1 is 1.44 bits per heavy atom. The van der Waals surface area contributed by atoms with Gasteiger partial charge in [0.15, 0.2) is 0 Å². The summed E-state index contributed by atoms with van der Waals surface area (Å²) in [6, 6.07) is 4.27. The van der Waals surface area contributed by atoms with Crippen LogP contribution in [0.25, 0.3) is 0 Å². The quantitative estimate of drug-likeness (QED) is 0.475. The highest BCUT2D eigenvalue weighted by atomic mass is 16.6. The molecule has 0 aliphatic heterocycles. The molecule has 1 aromatic carbocycles. The first-order valence-electron chi connectivity index (χ1n) is 5.84. The van der Waals surface area contributed by atoms with Gasteiger partial charge in [-0.2, -0.15) is 0 Å². The minimum atomic E-state index is -0.594. The average molecular weight is 251 g/mol. The highest BCUT2D eigenvalue weighted by Crippen LogP contribution is 2.24. The predicted molar refractivity (Wildman–Crippen MR) is 69.3 cm³/mol. The number of anilines is 1. The maximum absolute atomic E-state index is 12.0. The third-order valence-corrected chi connectivity index (χ3v) is 2.85. The van der Waals surface area contributed by atoms with E-state index in [1.165, 1.54) is 18.2 Å². The number of hydrogen-bond acceptors (Lipinski definition) is 4. The molecule has 6 heteroatoms. The Bertz CT molecular complexity index is 456. The molecule has 0 aliphatic carbocycles. The molecule has 1 rings (SSSR count). The topological polar surface area (TPSA) is 98.3 Å². The molecule has 0 aliphatic rings. The van der Waals surface area contributed by atoms with E-state index in [0.29, 0.717) is 0 Å². The molecule has 1 aromatic rings. The minimum Gasteiger partial charge on any atom is -0.393 e. The Balaban J connectivity index is 2.99. The van der Waals surface area contributed by atoms with Crippen LogP contribution in [0.15, 0.2) is 18.2 Å². The molecule has 0 heterocycles. The standard InChI is InChI=1S/C12H17N3O3/c1-3-8(4-2)14-12(16)9-6-5-7-10(11(9)13)15(17)18/h5-8H,3-4,13H2,1-2H3,(H,14,16). The molecule has 6 nitrogen and oxygen atoms in total. The lowest BCUT2D eigenvalue weighted by atomic mass is 10.1. The molecule has 98 valence electrons. The van der Waals surface area contributed by atoms with Crippen molar-refractivity contribution in [3.8, 4) is 0 Å². The van der Waals surface area contributed by atoms with Crippen LogP contribution in [0.3, 0.4) is 0 Å². The van der Waals surface area contributed by atoms with Gasteiger partial charge >= 0.3 is 0 Å². The first kappa shape index (κ1) is 14.0. The van der Waals surface area contributed by atoms with Crippen LogP contribution in [0.4, 0.5) is 11.4 Å². The molecule has 0 atom stereocenters. The van der Waals surface area contributed by atoms with Crippen molar-refractivity contribution in [2.24, 2.45) is 0 Å². The Morgan fingerprint density at radius 3 is 2.56 bits per heavy atom. The lowest BCUT2D eigenvalue weighted by molar-refractivity contribution is -0.383. The van der Waals surface area contributed by atoms with Crippen LogP contribution in [0, 0.1) is 10.1 Å².